The summed E-state index contributed by atoms with van der Waals surface area (Å²) in [5.41, 5.74) is -4.01. The minimum atomic E-state index is -5.58. The third-order valence-electron chi connectivity index (χ3n) is 4.44. The van der Waals surface area contributed by atoms with Crippen molar-refractivity contribution in [1.29, 1.82) is 0 Å². The first-order valence-corrected chi connectivity index (χ1v) is 8.12. The zero-order chi connectivity index (χ0) is 17.8. The molecular formula is C11H14F6N2O3S. The molecule has 0 aliphatic carbocycles. The number of alkyl halides is 6. The van der Waals surface area contributed by atoms with Crippen LogP contribution in [0.2, 0.25) is 0 Å². The monoisotopic (exact) mass is 368 g/mol. The fraction of sp³-hybridized carbons (Fsp3) is 0.909. The second kappa shape index (κ2) is 5.23. The van der Waals surface area contributed by atoms with Crippen molar-refractivity contribution in [3.8, 4) is 0 Å². The smallest absolute Gasteiger partial charge is 0.340 e. The number of sulfonamides is 1. The molecule has 2 fully saturated rings. The second-order valence-corrected chi connectivity index (χ2v) is 7.95. The fourth-order valence-electron chi connectivity index (χ4n) is 2.87. The van der Waals surface area contributed by atoms with Crippen LogP contribution in [0.3, 0.4) is 0 Å². The van der Waals surface area contributed by atoms with Crippen LogP contribution in [-0.4, -0.2) is 67.8 Å². The highest BCUT2D eigenvalue weighted by Crippen LogP contribution is 2.55. The molecule has 1 unspecified atom stereocenters. The van der Waals surface area contributed by atoms with E-state index >= 15 is 0 Å². The average Bonchev–Trinajstić information content (AvgIpc) is 2.92. The highest BCUT2D eigenvalue weighted by atomic mass is 32.2. The van der Waals surface area contributed by atoms with Crippen molar-refractivity contribution in [1.82, 2.24) is 9.21 Å². The molecule has 12 heteroatoms. The topological polar surface area (TPSA) is 57.7 Å². The van der Waals surface area contributed by atoms with Crippen molar-refractivity contribution < 1.29 is 39.6 Å². The highest BCUT2D eigenvalue weighted by molar-refractivity contribution is 7.90. The second-order valence-electron chi connectivity index (χ2n) is 5.73. The van der Waals surface area contributed by atoms with Crippen LogP contribution in [0.25, 0.3) is 0 Å². The van der Waals surface area contributed by atoms with Gasteiger partial charge in [-0.25, -0.2) is 12.7 Å². The third kappa shape index (κ3) is 2.69. The van der Waals surface area contributed by atoms with Crippen LogP contribution in [0.15, 0.2) is 0 Å². The van der Waals surface area contributed by atoms with Crippen molar-refractivity contribution in [2.75, 3.05) is 26.7 Å². The summed E-state index contributed by atoms with van der Waals surface area (Å²) in [5, 5.41) is -1.62. The van der Waals surface area contributed by atoms with Gasteiger partial charge in [-0.1, -0.05) is 0 Å². The Morgan fingerprint density at radius 3 is 1.96 bits per heavy atom. The SMILES string of the molecule is CN1CCC(C(=O)N2CCC(C(F)(F)F)(C(F)(F)F)C2)S1(=O)=O. The largest absolute Gasteiger partial charge is 0.404 e. The first kappa shape index (κ1) is 18.3. The molecule has 1 atom stereocenters. The van der Waals surface area contributed by atoms with E-state index in [0.717, 1.165) is 4.31 Å². The molecule has 2 rings (SSSR count). The van der Waals surface area contributed by atoms with Crippen LogP contribution in [0.1, 0.15) is 12.8 Å². The van der Waals surface area contributed by atoms with Gasteiger partial charge >= 0.3 is 12.4 Å². The lowest BCUT2D eigenvalue weighted by Gasteiger charge is -2.33. The predicted molar refractivity (Wildman–Crippen MR) is 65.7 cm³/mol. The number of nitrogens with zero attached hydrogens (tertiary/aromatic N) is 2. The zero-order valence-electron chi connectivity index (χ0n) is 11.9. The molecule has 0 saturated carbocycles. The summed E-state index contributed by atoms with van der Waals surface area (Å²) < 4.78 is 102. The van der Waals surface area contributed by atoms with E-state index < -0.39 is 58.5 Å². The molecule has 0 spiro atoms. The Bertz CT molecular complexity index is 586. The van der Waals surface area contributed by atoms with Crippen LogP contribution in [0, 0.1) is 5.41 Å². The lowest BCUT2D eigenvalue weighted by atomic mass is 9.85. The Morgan fingerprint density at radius 2 is 1.61 bits per heavy atom. The van der Waals surface area contributed by atoms with E-state index in [1.54, 1.807) is 0 Å². The number of amides is 1. The number of hydrogen-bond acceptors (Lipinski definition) is 3. The normalized spacial score (nSPS) is 28.3. The van der Waals surface area contributed by atoms with Gasteiger partial charge in [0.25, 0.3) is 0 Å². The Labute approximate surface area is 128 Å². The van der Waals surface area contributed by atoms with Crippen molar-refractivity contribution in [3.05, 3.63) is 0 Å². The minimum Gasteiger partial charge on any atom is -0.340 e. The summed E-state index contributed by atoms with van der Waals surface area (Å²) >= 11 is 0. The Hall–Kier alpha value is -1.04. The highest BCUT2D eigenvalue weighted by Gasteiger charge is 2.73. The number of hydrogen-bond donors (Lipinski definition) is 0. The molecule has 2 saturated heterocycles. The van der Waals surface area contributed by atoms with Crippen molar-refractivity contribution in [2.45, 2.75) is 30.4 Å². The maximum absolute atomic E-state index is 13.0. The first-order valence-electron chi connectivity index (χ1n) is 6.61. The van der Waals surface area contributed by atoms with Gasteiger partial charge in [0.15, 0.2) is 10.7 Å². The fourth-order valence-corrected chi connectivity index (χ4v) is 4.47. The molecule has 0 N–H and O–H groups in total. The van der Waals surface area contributed by atoms with Crippen LogP contribution in [-0.2, 0) is 14.8 Å². The summed E-state index contributed by atoms with van der Waals surface area (Å²) in [7, 11) is -2.83. The number of halogens is 6. The van der Waals surface area contributed by atoms with Crippen LogP contribution >= 0.6 is 0 Å². The van der Waals surface area contributed by atoms with Gasteiger partial charge in [0.05, 0.1) is 0 Å². The maximum atomic E-state index is 13.0. The van der Waals surface area contributed by atoms with Gasteiger partial charge in [0, 0.05) is 26.7 Å². The molecule has 0 aromatic heterocycles. The van der Waals surface area contributed by atoms with E-state index in [2.05, 4.69) is 0 Å². The molecule has 2 heterocycles. The van der Waals surface area contributed by atoms with Crippen molar-refractivity contribution >= 4 is 15.9 Å². The van der Waals surface area contributed by atoms with Crippen LogP contribution < -0.4 is 0 Å². The third-order valence-corrected chi connectivity index (χ3v) is 6.65. The predicted octanol–water partition coefficient (Wildman–Crippen LogP) is 1.36. The maximum Gasteiger partial charge on any atom is 0.404 e. The Morgan fingerprint density at radius 1 is 1.09 bits per heavy atom. The number of carbonyl (C=O) groups is 1. The van der Waals surface area contributed by atoms with Crippen LogP contribution in [0.5, 0.6) is 0 Å². The molecule has 0 aromatic carbocycles. The van der Waals surface area contributed by atoms with E-state index in [1.807, 2.05) is 0 Å². The Balaban J connectivity index is 2.27. The van der Waals surface area contributed by atoms with E-state index in [0.29, 0.717) is 4.90 Å². The van der Waals surface area contributed by atoms with E-state index in [4.69, 9.17) is 0 Å². The van der Waals surface area contributed by atoms with Gasteiger partial charge in [0.1, 0.15) is 0 Å². The van der Waals surface area contributed by atoms with Crippen LogP contribution in [0.4, 0.5) is 26.3 Å². The summed E-state index contributed by atoms with van der Waals surface area (Å²) in [5.74, 6) is -1.20. The Kier molecular flexibility index (Phi) is 4.16. The molecule has 5 nitrogen and oxygen atoms in total. The molecule has 1 amide bonds. The molecule has 134 valence electrons. The molecule has 2 aliphatic heterocycles. The molecular weight excluding hydrogens is 354 g/mol. The van der Waals surface area contributed by atoms with E-state index in [9.17, 15) is 39.6 Å². The van der Waals surface area contributed by atoms with Gasteiger partial charge in [0.2, 0.25) is 15.9 Å². The quantitative estimate of drug-likeness (QED) is 0.657. The van der Waals surface area contributed by atoms with Gasteiger partial charge in [-0.2, -0.15) is 26.3 Å². The van der Waals surface area contributed by atoms with Gasteiger partial charge in [-0.05, 0) is 12.8 Å². The molecule has 2 aliphatic rings. The zero-order valence-corrected chi connectivity index (χ0v) is 12.7. The van der Waals surface area contributed by atoms with Crippen molar-refractivity contribution in [3.63, 3.8) is 0 Å². The minimum absolute atomic E-state index is 0.00371. The van der Waals surface area contributed by atoms with Gasteiger partial charge < -0.3 is 4.90 Å². The van der Waals surface area contributed by atoms with E-state index in [-0.39, 0.29) is 13.0 Å². The van der Waals surface area contributed by atoms with Gasteiger partial charge in [-0.3, -0.25) is 4.79 Å². The lowest BCUT2D eigenvalue weighted by Crippen LogP contribution is -2.53. The average molecular weight is 368 g/mol. The van der Waals surface area contributed by atoms with Gasteiger partial charge in [-0.15, -0.1) is 0 Å². The first-order chi connectivity index (χ1) is 10.2. The molecule has 0 bridgehead atoms. The molecule has 0 aromatic rings. The lowest BCUT2D eigenvalue weighted by molar-refractivity contribution is -0.334. The number of likely N-dealkylation sites (tertiary alicyclic amines) is 1. The summed E-state index contributed by atoms with van der Waals surface area (Å²) in [6.07, 6.45) is -12.6. The van der Waals surface area contributed by atoms with Crippen molar-refractivity contribution in [2.24, 2.45) is 5.41 Å². The summed E-state index contributed by atoms with van der Waals surface area (Å²) in [4.78, 5) is 12.5. The molecule has 23 heavy (non-hydrogen) atoms. The summed E-state index contributed by atoms with van der Waals surface area (Å²) in [6.45, 7) is -2.39. The number of rotatable bonds is 1. The summed E-state index contributed by atoms with van der Waals surface area (Å²) in [6, 6.07) is 0. The standard InChI is InChI=1S/C11H14F6N2O3S/c1-18-4-2-7(23(18,21)22)8(20)19-5-3-9(6-19,10(12,13)14)11(15,16)17/h7H,2-6H2,1H3. The number of carbonyl (C=O) groups excluding carboxylic acids is 1. The van der Waals surface area contributed by atoms with E-state index in [1.165, 1.54) is 7.05 Å². The molecule has 0 radical (unpaired) electrons.